The number of carbonyl (C=O) groups excluding carboxylic acids is 2. The fourth-order valence-corrected chi connectivity index (χ4v) is 1.15. The van der Waals surface area contributed by atoms with E-state index < -0.39 is 12.0 Å². The SMILES string of the molecule is C#CCC(N)C(=O)N(CC(=O)OC)C(C)C. The molecule has 0 bridgehead atoms. The fraction of sp³-hybridized carbons (Fsp3) is 0.636. The number of hydrogen-bond acceptors (Lipinski definition) is 4. The van der Waals surface area contributed by atoms with Crippen molar-refractivity contribution in [3.63, 3.8) is 0 Å². The molecule has 1 unspecified atom stereocenters. The topological polar surface area (TPSA) is 72.6 Å². The number of esters is 1. The third kappa shape index (κ3) is 4.32. The van der Waals surface area contributed by atoms with Crippen molar-refractivity contribution in [2.45, 2.75) is 32.4 Å². The number of rotatable bonds is 5. The van der Waals surface area contributed by atoms with Crippen molar-refractivity contribution in [3.8, 4) is 12.3 Å². The molecule has 90 valence electrons. The van der Waals surface area contributed by atoms with Crippen molar-refractivity contribution in [1.29, 1.82) is 0 Å². The number of ether oxygens (including phenoxy) is 1. The van der Waals surface area contributed by atoms with E-state index in [2.05, 4.69) is 10.7 Å². The lowest BCUT2D eigenvalue weighted by Crippen LogP contribution is -2.49. The maximum absolute atomic E-state index is 11.8. The van der Waals surface area contributed by atoms with E-state index >= 15 is 0 Å². The summed E-state index contributed by atoms with van der Waals surface area (Å²) < 4.78 is 4.51. The first-order valence-electron chi connectivity index (χ1n) is 5.00. The standard InChI is InChI=1S/C11H18N2O3/c1-5-6-9(12)11(15)13(8(2)3)7-10(14)16-4/h1,8-9H,6-7,12H2,2-4H3. The molecule has 2 N–H and O–H groups in total. The minimum atomic E-state index is -0.767. The zero-order valence-electron chi connectivity index (χ0n) is 9.90. The van der Waals surface area contributed by atoms with Gasteiger partial charge in [-0.1, -0.05) is 0 Å². The van der Waals surface area contributed by atoms with Crippen LogP contribution in [0.2, 0.25) is 0 Å². The van der Waals surface area contributed by atoms with Crippen LogP contribution in [0.4, 0.5) is 0 Å². The second kappa shape index (κ2) is 6.85. The maximum Gasteiger partial charge on any atom is 0.325 e. The van der Waals surface area contributed by atoms with Crippen LogP contribution in [0.25, 0.3) is 0 Å². The monoisotopic (exact) mass is 226 g/mol. The number of hydrogen-bond donors (Lipinski definition) is 1. The maximum atomic E-state index is 11.8. The van der Waals surface area contributed by atoms with E-state index in [1.54, 1.807) is 13.8 Å². The lowest BCUT2D eigenvalue weighted by atomic mass is 10.1. The number of terminal acetylenes is 1. The second-order valence-corrected chi connectivity index (χ2v) is 3.65. The summed E-state index contributed by atoms with van der Waals surface area (Å²) in [5.74, 6) is 1.51. The molecule has 0 aromatic rings. The molecule has 0 saturated carbocycles. The lowest BCUT2D eigenvalue weighted by molar-refractivity contribution is -0.148. The van der Waals surface area contributed by atoms with Gasteiger partial charge in [0.15, 0.2) is 0 Å². The first-order chi connectivity index (χ1) is 7.43. The van der Waals surface area contributed by atoms with Crippen LogP contribution in [0.1, 0.15) is 20.3 Å². The van der Waals surface area contributed by atoms with Crippen LogP contribution in [0.15, 0.2) is 0 Å². The number of carbonyl (C=O) groups is 2. The first kappa shape index (κ1) is 14.5. The smallest absolute Gasteiger partial charge is 0.325 e. The highest BCUT2D eigenvalue weighted by molar-refractivity contribution is 5.86. The Morgan fingerprint density at radius 1 is 1.50 bits per heavy atom. The summed E-state index contributed by atoms with van der Waals surface area (Å²) in [5.41, 5.74) is 5.60. The molecule has 5 heteroatoms. The number of nitrogens with zero attached hydrogens (tertiary/aromatic N) is 1. The van der Waals surface area contributed by atoms with Gasteiger partial charge in [0.2, 0.25) is 5.91 Å². The molecule has 0 radical (unpaired) electrons. The highest BCUT2D eigenvalue weighted by atomic mass is 16.5. The normalized spacial score (nSPS) is 11.8. The Morgan fingerprint density at radius 3 is 2.44 bits per heavy atom. The van der Waals surface area contributed by atoms with E-state index in [0.29, 0.717) is 0 Å². The van der Waals surface area contributed by atoms with Gasteiger partial charge in [-0.05, 0) is 13.8 Å². The Balaban J connectivity index is 4.60. The molecule has 0 aromatic carbocycles. The Morgan fingerprint density at radius 2 is 2.06 bits per heavy atom. The zero-order chi connectivity index (χ0) is 12.7. The van der Waals surface area contributed by atoms with Crippen LogP contribution in [-0.2, 0) is 14.3 Å². The van der Waals surface area contributed by atoms with E-state index in [9.17, 15) is 9.59 Å². The summed E-state index contributed by atoms with van der Waals surface area (Å²) in [7, 11) is 1.27. The highest BCUT2D eigenvalue weighted by Crippen LogP contribution is 2.03. The molecule has 0 spiro atoms. The molecular formula is C11H18N2O3. The van der Waals surface area contributed by atoms with Crippen molar-refractivity contribution in [1.82, 2.24) is 4.90 Å². The first-order valence-corrected chi connectivity index (χ1v) is 5.00. The van der Waals surface area contributed by atoms with Gasteiger partial charge >= 0.3 is 5.97 Å². The van der Waals surface area contributed by atoms with E-state index in [1.807, 2.05) is 0 Å². The fourth-order valence-electron chi connectivity index (χ4n) is 1.15. The summed E-state index contributed by atoms with van der Waals surface area (Å²) in [5, 5.41) is 0. The summed E-state index contributed by atoms with van der Waals surface area (Å²) in [6, 6.07) is -0.896. The zero-order valence-corrected chi connectivity index (χ0v) is 9.90. The molecule has 0 heterocycles. The molecule has 5 nitrogen and oxygen atoms in total. The summed E-state index contributed by atoms with van der Waals surface area (Å²) >= 11 is 0. The molecule has 16 heavy (non-hydrogen) atoms. The quantitative estimate of drug-likeness (QED) is 0.518. The van der Waals surface area contributed by atoms with Crippen LogP contribution in [-0.4, -0.2) is 42.5 Å². The van der Waals surface area contributed by atoms with Crippen molar-refractivity contribution >= 4 is 11.9 Å². The summed E-state index contributed by atoms with van der Waals surface area (Å²) in [6.45, 7) is 3.48. The van der Waals surface area contributed by atoms with E-state index in [-0.39, 0.29) is 24.9 Å². The molecule has 0 fully saturated rings. The number of amides is 1. The van der Waals surface area contributed by atoms with Gasteiger partial charge in [0, 0.05) is 12.5 Å². The van der Waals surface area contributed by atoms with E-state index in [4.69, 9.17) is 12.2 Å². The summed E-state index contributed by atoms with van der Waals surface area (Å²) in [4.78, 5) is 24.3. The van der Waals surface area contributed by atoms with Crippen LogP contribution in [0.5, 0.6) is 0 Å². The predicted molar refractivity (Wildman–Crippen MR) is 60.3 cm³/mol. The highest BCUT2D eigenvalue weighted by Gasteiger charge is 2.24. The molecule has 0 aliphatic heterocycles. The van der Waals surface area contributed by atoms with E-state index in [0.717, 1.165) is 0 Å². The van der Waals surface area contributed by atoms with Crippen LogP contribution in [0.3, 0.4) is 0 Å². The molecular weight excluding hydrogens is 208 g/mol. The Bertz CT molecular complexity index is 294. The predicted octanol–water partition coefficient (Wildman–Crippen LogP) is -0.253. The summed E-state index contributed by atoms with van der Waals surface area (Å²) in [6.07, 6.45) is 5.23. The molecule has 0 aromatic heterocycles. The van der Waals surface area contributed by atoms with Crippen molar-refractivity contribution < 1.29 is 14.3 Å². The van der Waals surface area contributed by atoms with Gasteiger partial charge in [0.1, 0.15) is 6.54 Å². The second-order valence-electron chi connectivity index (χ2n) is 3.65. The van der Waals surface area contributed by atoms with Gasteiger partial charge in [0.25, 0.3) is 0 Å². The molecule has 0 aliphatic carbocycles. The molecule has 0 rings (SSSR count). The Hall–Kier alpha value is -1.54. The largest absolute Gasteiger partial charge is 0.468 e. The van der Waals surface area contributed by atoms with Gasteiger partial charge in [-0.15, -0.1) is 12.3 Å². The number of nitrogens with two attached hydrogens (primary N) is 1. The number of methoxy groups -OCH3 is 1. The van der Waals surface area contributed by atoms with Crippen molar-refractivity contribution in [3.05, 3.63) is 0 Å². The molecule has 0 saturated heterocycles. The van der Waals surface area contributed by atoms with E-state index in [1.165, 1.54) is 12.0 Å². The van der Waals surface area contributed by atoms with Crippen molar-refractivity contribution in [2.24, 2.45) is 5.73 Å². The van der Waals surface area contributed by atoms with Crippen LogP contribution >= 0.6 is 0 Å². The van der Waals surface area contributed by atoms with Gasteiger partial charge in [-0.2, -0.15) is 0 Å². The van der Waals surface area contributed by atoms with Crippen molar-refractivity contribution in [2.75, 3.05) is 13.7 Å². The molecule has 1 atom stereocenters. The minimum absolute atomic E-state index is 0.106. The average molecular weight is 226 g/mol. The molecule has 1 amide bonds. The lowest BCUT2D eigenvalue weighted by Gasteiger charge is -2.27. The Kier molecular flexibility index (Phi) is 6.19. The third-order valence-electron chi connectivity index (χ3n) is 2.09. The van der Waals surface area contributed by atoms with Crippen LogP contribution in [0, 0.1) is 12.3 Å². The van der Waals surface area contributed by atoms with Gasteiger partial charge in [0.05, 0.1) is 13.2 Å². The van der Waals surface area contributed by atoms with Gasteiger partial charge in [-0.3, -0.25) is 9.59 Å². The van der Waals surface area contributed by atoms with Crippen LogP contribution < -0.4 is 5.73 Å². The third-order valence-corrected chi connectivity index (χ3v) is 2.09. The minimum Gasteiger partial charge on any atom is -0.468 e. The Labute approximate surface area is 95.9 Å². The van der Waals surface area contributed by atoms with Gasteiger partial charge < -0.3 is 15.4 Å². The van der Waals surface area contributed by atoms with Gasteiger partial charge in [-0.25, -0.2) is 0 Å². The average Bonchev–Trinajstić information content (AvgIpc) is 2.24. The molecule has 0 aliphatic rings.